The summed E-state index contributed by atoms with van der Waals surface area (Å²) in [6.07, 6.45) is 0. The second-order valence-corrected chi connectivity index (χ2v) is 5.31. The molecule has 0 aliphatic heterocycles. The first kappa shape index (κ1) is 12.7. The Morgan fingerprint density at radius 3 is 2.59 bits per heavy atom. The summed E-state index contributed by atoms with van der Waals surface area (Å²) in [5.41, 5.74) is 2.16. The molecule has 0 aliphatic rings. The van der Waals surface area contributed by atoms with Gasteiger partial charge in [-0.05, 0) is 51.8 Å². The third kappa shape index (κ3) is 3.63. The fraction of sp³-hybridized carbons (Fsp3) is 0.0769. The fourth-order valence-corrected chi connectivity index (χ4v) is 2.19. The molecule has 88 valence electrons. The molecule has 17 heavy (non-hydrogen) atoms. The van der Waals surface area contributed by atoms with Gasteiger partial charge in [-0.1, -0.05) is 35.3 Å². The van der Waals surface area contributed by atoms with Gasteiger partial charge in [-0.3, -0.25) is 0 Å². The maximum atomic E-state index is 5.93. The Morgan fingerprint density at radius 1 is 1.06 bits per heavy atom. The Labute approximate surface area is 119 Å². The molecular weight excluding hydrogens is 321 g/mol. The van der Waals surface area contributed by atoms with Crippen LogP contribution in [-0.2, 0) is 6.54 Å². The lowest BCUT2D eigenvalue weighted by Gasteiger charge is -2.07. The summed E-state index contributed by atoms with van der Waals surface area (Å²) in [6, 6.07) is 13.5. The van der Waals surface area contributed by atoms with Crippen molar-refractivity contribution in [3.63, 3.8) is 0 Å². The average molecular weight is 331 g/mol. The largest absolute Gasteiger partial charge is 0.381 e. The summed E-state index contributed by atoms with van der Waals surface area (Å²) in [5.74, 6) is 0. The number of benzene rings is 2. The van der Waals surface area contributed by atoms with Crippen molar-refractivity contribution < 1.29 is 0 Å². The van der Waals surface area contributed by atoms with E-state index in [2.05, 4.69) is 21.2 Å². The number of halogens is 3. The lowest BCUT2D eigenvalue weighted by molar-refractivity contribution is 1.15. The summed E-state index contributed by atoms with van der Waals surface area (Å²) in [7, 11) is 0. The molecule has 2 rings (SSSR count). The highest BCUT2D eigenvalue weighted by atomic mass is 79.9. The molecule has 0 spiro atoms. The zero-order valence-electron chi connectivity index (χ0n) is 8.88. The maximum Gasteiger partial charge on any atom is 0.0548 e. The van der Waals surface area contributed by atoms with Gasteiger partial charge >= 0.3 is 0 Å². The highest BCUT2D eigenvalue weighted by molar-refractivity contribution is 9.10. The number of nitrogens with one attached hydrogen (secondary N) is 1. The van der Waals surface area contributed by atoms with Gasteiger partial charge < -0.3 is 5.32 Å². The van der Waals surface area contributed by atoms with Crippen LogP contribution in [0.2, 0.25) is 10.0 Å². The van der Waals surface area contributed by atoms with E-state index in [1.807, 2.05) is 42.5 Å². The molecule has 0 bridgehead atoms. The minimum absolute atomic E-state index is 0.719. The second kappa shape index (κ2) is 5.76. The molecule has 1 N–H and O–H groups in total. The van der Waals surface area contributed by atoms with Crippen LogP contribution in [0.1, 0.15) is 5.56 Å². The summed E-state index contributed by atoms with van der Waals surface area (Å²) >= 11 is 15.2. The third-order valence-electron chi connectivity index (χ3n) is 2.31. The van der Waals surface area contributed by atoms with Crippen LogP contribution in [0.25, 0.3) is 0 Å². The number of anilines is 1. The predicted octanol–water partition coefficient (Wildman–Crippen LogP) is 5.37. The van der Waals surface area contributed by atoms with Crippen LogP contribution in [0.4, 0.5) is 5.69 Å². The van der Waals surface area contributed by atoms with Crippen molar-refractivity contribution in [2.24, 2.45) is 0 Å². The fourth-order valence-electron chi connectivity index (χ4n) is 1.45. The molecule has 0 unspecified atom stereocenters. The van der Waals surface area contributed by atoms with Crippen molar-refractivity contribution >= 4 is 44.8 Å². The first-order valence-electron chi connectivity index (χ1n) is 5.08. The van der Waals surface area contributed by atoms with E-state index in [4.69, 9.17) is 23.2 Å². The summed E-state index contributed by atoms with van der Waals surface area (Å²) < 4.78 is 0.907. The van der Waals surface area contributed by atoms with E-state index in [0.717, 1.165) is 32.3 Å². The highest BCUT2D eigenvalue weighted by Gasteiger charge is 1.99. The Bertz CT molecular complexity index is 529. The van der Waals surface area contributed by atoms with Gasteiger partial charge in [0.2, 0.25) is 0 Å². The van der Waals surface area contributed by atoms with E-state index in [9.17, 15) is 0 Å². The van der Waals surface area contributed by atoms with Crippen LogP contribution in [0.5, 0.6) is 0 Å². The van der Waals surface area contributed by atoms with E-state index in [1.165, 1.54) is 0 Å². The van der Waals surface area contributed by atoms with Gasteiger partial charge in [-0.2, -0.15) is 0 Å². The minimum Gasteiger partial charge on any atom is -0.381 e. The monoisotopic (exact) mass is 329 g/mol. The van der Waals surface area contributed by atoms with Crippen molar-refractivity contribution in [2.75, 3.05) is 5.32 Å². The number of hydrogen-bond acceptors (Lipinski definition) is 1. The highest BCUT2D eigenvalue weighted by Crippen LogP contribution is 2.24. The Balaban J connectivity index is 2.05. The third-order valence-corrected chi connectivity index (χ3v) is 3.75. The molecule has 0 amide bonds. The zero-order chi connectivity index (χ0) is 12.3. The summed E-state index contributed by atoms with van der Waals surface area (Å²) in [6.45, 7) is 0.732. The summed E-state index contributed by atoms with van der Waals surface area (Å²) in [4.78, 5) is 0. The van der Waals surface area contributed by atoms with E-state index in [1.54, 1.807) is 0 Å². The lowest BCUT2D eigenvalue weighted by atomic mass is 10.2. The molecule has 2 aromatic rings. The molecular formula is C13H10BrCl2N. The van der Waals surface area contributed by atoms with Gasteiger partial charge in [0.05, 0.1) is 5.02 Å². The Morgan fingerprint density at radius 2 is 1.88 bits per heavy atom. The normalized spacial score (nSPS) is 10.3. The molecule has 0 saturated carbocycles. The van der Waals surface area contributed by atoms with E-state index >= 15 is 0 Å². The van der Waals surface area contributed by atoms with Crippen LogP contribution in [0, 0.1) is 0 Å². The van der Waals surface area contributed by atoms with E-state index < -0.39 is 0 Å². The molecule has 0 aromatic heterocycles. The van der Waals surface area contributed by atoms with Gasteiger partial charge in [-0.15, -0.1) is 0 Å². The summed E-state index contributed by atoms with van der Waals surface area (Å²) in [5, 5.41) is 4.75. The molecule has 0 aliphatic carbocycles. The Hall–Kier alpha value is -0.700. The van der Waals surface area contributed by atoms with Gasteiger partial charge in [0.1, 0.15) is 0 Å². The smallest absolute Gasteiger partial charge is 0.0548 e. The van der Waals surface area contributed by atoms with Crippen LogP contribution >= 0.6 is 39.1 Å². The molecule has 1 nitrogen and oxygen atoms in total. The van der Waals surface area contributed by atoms with Crippen molar-refractivity contribution in [1.82, 2.24) is 0 Å². The van der Waals surface area contributed by atoms with E-state index in [0.29, 0.717) is 0 Å². The van der Waals surface area contributed by atoms with Crippen LogP contribution < -0.4 is 5.32 Å². The SMILES string of the molecule is Clc1cccc(NCc2ccc(Cl)c(Br)c2)c1. The molecule has 0 saturated heterocycles. The van der Waals surface area contributed by atoms with Crippen molar-refractivity contribution in [3.05, 3.63) is 62.5 Å². The first-order chi connectivity index (χ1) is 8.15. The van der Waals surface area contributed by atoms with Gasteiger partial charge in [0.15, 0.2) is 0 Å². The van der Waals surface area contributed by atoms with Crippen LogP contribution in [0.3, 0.4) is 0 Å². The van der Waals surface area contributed by atoms with Crippen molar-refractivity contribution in [3.8, 4) is 0 Å². The Kier molecular flexibility index (Phi) is 4.32. The first-order valence-corrected chi connectivity index (χ1v) is 6.63. The maximum absolute atomic E-state index is 5.93. The number of rotatable bonds is 3. The average Bonchev–Trinajstić information content (AvgIpc) is 2.31. The van der Waals surface area contributed by atoms with Crippen LogP contribution in [0.15, 0.2) is 46.9 Å². The molecule has 4 heteroatoms. The second-order valence-electron chi connectivity index (χ2n) is 3.61. The van der Waals surface area contributed by atoms with Gasteiger partial charge in [-0.25, -0.2) is 0 Å². The quantitative estimate of drug-likeness (QED) is 0.797. The van der Waals surface area contributed by atoms with Gasteiger partial charge in [0, 0.05) is 21.7 Å². The minimum atomic E-state index is 0.719. The number of hydrogen-bond donors (Lipinski definition) is 1. The van der Waals surface area contributed by atoms with Crippen molar-refractivity contribution in [2.45, 2.75) is 6.54 Å². The lowest BCUT2D eigenvalue weighted by Crippen LogP contribution is -1.99. The van der Waals surface area contributed by atoms with Crippen LogP contribution in [-0.4, -0.2) is 0 Å². The molecule has 0 heterocycles. The van der Waals surface area contributed by atoms with E-state index in [-0.39, 0.29) is 0 Å². The molecule has 2 aromatic carbocycles. The molecule has 0 radical (unpaired) electrons. The standard InChI is InChI=1S/C13H10BrCl2N/c14-12-6-9(4-5-13(12)16)8-17-11-3-1-2-10(15)7-11/h1-7,17H,8H2. The molecule has 0 fully saturated rings. The zero-order valence-corrected chi connectivity index (χ0v) is 12.0. The predicted molar refractivity (Wildman–Crippen MR) is 77.9 cm³/mol. The van der Waals surface area contributed by atoms with Gasteiger partial charge in [0.25, 0.3) is 0 Å². The molecule has 0 atom stereocenters. The topological polar surface area (TPSA) is 12.0 Å². The van der Waals surface area contributed by atoms with Crippen molar-refractivity contribution in [1.29, 1.82) is 0 Å².